The monoisotopic (exact) mass is 881 g/mol. The first-order valence-corrected chi connectivity index (χ1v) is 21.1. The standard InChI is InChI=1S/C49H41Cl2N5O7/c1-28-29(2)52-17-16-37(28)32-9-6-30(7-10-32)20-40(49(59)60)54-47(57)42-21-34-22-43-44(23-35(34)24-56(42)48(58)41-25-55-18-4-3-5-46(55)53-41)63-45(27-62-43)33-11-13-36(14-12-33)61-26-31-8-15-38(50)39(51)19-31/h3-19,22-23,25,40,42,45H,20-21,24,26-27H2,1-2H3,(H,54,57)(H,59,60)/t40-,42-,45+/m0/s1. The van der Waals surface area contributed by atoms with Crippen LogP contribution in [0.5, 0.6) is 17.2 Å². The van der Waals surface area contributed by atoms with Gasteiger partial charge < -0.3 is 33.9 Å². The van der Waals surface area contributed by atoms with Crippen molar-refractivity contribution in [2.75, 3.05) is 6.61 Å². The number of carbonyl (C=O) groups excluding carboxylic acids is 2. The summed E-state index contributed by atoms with van der Waals surface area (Å²) in [5, 5.41) is 14.1. The van der Waals surface area contributed by atoms with Gasteiger partial charge in [0, 0.05) is 43.7 Å². The summed E-state index contributed by atoms with van der Waals surface area (Å²) < 4.78 is 20.4. The number of fused-ring (bicyclic) bond motifs is 3. The van der Waals surface area contributed by atoms with Crippen molar-refractivity contribution < 1.29 is 33.7 Å². The van der Waals surface area contributed by atoms with Crippen LogP contribution in [0.25, 0.3) is 16.8 Å². The van der Waals surface area contributed by atoms with Crippen LogP contribution in [-0.2, 0) is 35.6 Å². The number of carbonyl (C=O) groups is 3. The van der Waals surface area contributed by atoms with Crippen LogP contribution in [-0.4, -0.2) is 60.8 Å². The fourth-order valence-corrected chi connectivity index (χ4v) is 8.32. The first-order valence-electron chi connectivity index (χ1n) is 20.4. The van der Waals surface area contributed by atoms with Crippen LogP contribution in [0, 0.1) is 13.8 Å². The predicted molar refractivity (Wildman–Crippen MR) is 238 cm³/mol. The molecule has 3 aromatic heterocycles. The van der Waals surface area contributed by atoms with Crippen LogP contribution < -0.4 is 19.5 Å². The molecular formula is C49H41Cl2N5O7. The SMILES string of the molecule is Cc1nccc(-c2ccc(C[C@H](NC(=O)[C@@H]3Cc4cc5c(cc4CN3C(=O)c3cn4ccccc4n3)O[C@@H](c3ccc(OCc4ccc(Cl)c(Cl)c4)cc3)CO5)C(=O)O)cc2)c1C. The molecule has 2 N–H and O–H groups in total. The van der Waals surface area contributed by atoms with E-state index < -0.39 is 36.0 Å². The number of nitrogens with one attached hydrogen (secondary N) is 1. The van der Waals surface area contributed by atoms with Crippen molar-refractivity contribution in [1.82, 2.24) is 24.6 Å². The number of aryl methyl sites for hydroxylation is 1. The first-order chi connectivity index (χ1) is 30.5. The molecule has 0 aliphatic carbocycles. The van der Waals surface area contributed by atoms with Gasteiger partial charge in [0.05, 0.1) is 10.0 Å². The second-order valence-electron chi connectivity index (χ2n) is 15.7. The van der Waals surface area contributed by atoms with E-state index in [1.54, 1.807) is 41.2 Å². The van der Waals surface area contributed by atoms with Crippen LogP contribution >= 0.6 is 23.2 Å². The molecule has 2 aliphatic heterocycles. The molecule has 4 aromatic carbocycles. The van der Waals surface area contributed by atoms with Gasteiger partial charge >= 0.3 is 5.97 Å². The average molecular weight is 883 g/mol. The third-order valence-corrected chi connectivity index (χ3v) is 12.4. The zero-order valence-corrected chi connectivity index (χ0v) is 35.8. The number of hydrogen-bond acceptors (Lipinski definition) is 8. The quantitative estimate of drug-likeness (QED) is 0.130. The Hall–Kier alpha value is -6.89. The van der Waals surface area contributed by atoms with Crippen LogP contribution in [0.15, 0.2) is 122 Å². The lowest BCUT2D eigenvalue weighted by Crippen LogP contribution is -2.56. The van der Waals surface area contributed by atoms with E-state index in [-0.39, 0.29) is 31.7 Å². The van der Waals surface area contributed by atoms with E-state index >= 15 is 0 Å². The lowest BCUT2D eigenvalue weighted by Gasteiger charge is -2.37. The second-order valence-corrected chi connectivity index (χ2v) is 16.5. The first kappa shape index (κ1) is 41.5. The molecule has 2 aliphatic rings. The number of carboxylic acid groups (broad SMARTS) is 1. The molecule has 0 fully saturated rings. The van der Waals surface area contributed by atoms with E-state index in [0.29, 0.717) is 39.5 Å². The van der Waals surface area contributed by atoms with Crippen LogP contribution in [0.2, 0.25) is 10.0 Å². The highest BCUT2D eigenvalue weighted by atomic mass is 35.5. The number of nitrogens with zero attached hydrogens (tertiary/aromatic N) is 4. The van der Waals surface area contributed by atoms with E-state index in [9.17, 15) is 19.5 Å². The van der Waals surface area contributed by atoms with Gasteiger partial charge in [-0.2, -0.15) is 0 Å². The number of aliphatic carboxylic acids is 1. The molecule has 12 nitrogen and oxygen atoms in total. The maximum atomic E-state index is 14.4. The third-order valence-electron chi connectivity index (χ3n) is 11.6. The highest BCUT2D eigenvalue weighted by Crippen LogP contribution is 2.41. The van der Waals surface area contributed by atoms with Gasteiger partial charge in [-0.1, -0.05) is 71.7 Å². The number of aromatic nitrogens is 3. The summed E-state index contributed by atoms with van der Waals surface area (Å²) >= 11 is 12.2. The summed E-state index contributed by atoms with van der Waals surface area (Å²) in [5.41, 5.74) is 8.77. The van der Waals surface area contributed by atoms with Crippen molar-refractivity contribution in [3.8, 4) is 28.4 Å². The van der Waals surface area contributed by atoms with Crippen molar-refractivity contribution in [3.05, 3.63) is 177 Å². The maximum Gasteiger partial charge on any atom is 0.326 e. The number of ether oxygens (including phenoxy) is 3. The van der Waals surface area contributed by atoms with Crippen molar-refractivity contribution in [2.24, 2.45) is 0 Å². The number of halogens is 2. The van der Waals surface area contributed by atoms with Crippen LogP contribution in [0.4, 0.5) is 0 Å². The van der Waals surface area contributed by atoms with Crippen molar-refractivity contribution in [3.63, 3.8) is 0 Å². The number of imidazole rings is 1. The van der Waals surface area contributed by atoms with E-state index in [0.717, 1.165) is 50.2 Å². The van der Waals surface area contributed by atoms with Gasteiger partial charge in [0.25, 0.3) is 5.91 Å². The van der Waals surface area contributed by atoms with Gasteiger partial charge in [-0.15, -0.1) is 0 Å². The fraction of sp³-hybridized carbons (Fsp3) is 0.204. The summed E-state index contributed by atoms with van der Waals surface area (Å²) in [6.45, 7) is 4.57. The molecule has 7 aromatic rings. The molecular weight excluding hydrogens is 841 g/mol. The third kappa shape index (κ3) is 8.77. The molecule has 0 saturated heterocycles. The van der Waals surface area contributed by atoms with E-state index in [1.165, 1.54) is 4.90 Å². The topological polar surface area (TPSA) is 145 Å². The Labute approximate surface area is 373 Å². The van der Waals surface area contributed by atoms with Crippen LogP contribution in [0.3, 0.4) is 0 Å². The van der Waals surface area contributed by atoms with E-state index in [4.69, 9.17) is 37.4 Å². The number of benzene rings is 4. The Bertz CT molecular complexity index is 2850. The van der Waals surface area contributed by atoms with Gasteiger partial charge in [-0.3, -0.25) is 14.6 Å². The summed E-state index contributed by atoms with van der Waals surface area (Å²) in [6, 6.07) is 29.3. The summed E-state index contributed by atoms with van der Waals surface area (Å²) in [7, 11) is 0. The molecule has 0 bridgehead atoms. The molecule has 5 heterocycles. The lowest BCUT2D eigenvalue weighted by molar-refractivity contribution is -0.142. The highest BCUT2D eigenvalue weighted by molar-refractivity contribution is 6.42. The Balaban J connectivity index is 0.935. The zero-order valence-electron chi connectivity index (χ0n) is 34.3. The van der Waals surface area contributed by atoms with Gasteiger partial charge in [0.1, 0.15) is 42.4 Å². The minimum atomic E-state index is -1.26. The van der Waals surface area contributed by atoms with Crippen molar-refractivity contribution in [1.29, 1.82) is 0 Å². The molecule has 63 heavy (non-hydrogen) atoms. The number of amides is 2. The molecule has 14 heteroatoms. The van der Waals surface area contributed by atoms with Gasteiger partial charge in [-0.05, 0) is 113 Å². The minimum absolute atomic E-state index is 0.0354. The summed E-state index contributed by atoms with van der Waals surface area (Å²) in [5.74, 6) is -0.580. The second kappa shape index (κ2) is 17.5. The smallest absolute Gasteiger partial charge is 0.326 e. The van der Waals surface area contributed by atoms with Crippen molar-refractivity contribution in [2.45, 2.75) is 58.0 Å². The average Bonchev–Trinajstić information content (AvgIpc) is 3.74. The number of carboxylic acids is 1. The number of rotatable bonds is 11. The van der Waals surface area contributed by atoms with Gasteiger partial charge in [0.15, 0.2) is 17.6 Å². The molecule has 3 atom stereocenters. The Morgan fingerprint density at radius 2 is 1.68 bits per heavy atom. The van der Waals surface area contributed by atoms with Gasteiger partial charge in [0.2, 0.25) is 5.91 Å². The van der Waals surface area contributed by atoms with Crippen molar-refractivity contribution >= 4 is 46.6 Å². The van der Waals surface area contributed by atoms with E-state index in [1.807, 2.05) is 98.8 Å². The highest BCUT2D eigenvalue weighted by Gasteiger charge is 2.39. The predicted octanol–water partition coefficient (Wildman–Crippen LogP) is 8.79. The Morgan fingerprint density at radius 3 is 2.44 bits per heavy atom. The Morgan fingerprint density at radius 1 is 0.905 bits per heavy atom. The van der Waals surface area contributed by atoms with E-state index in [2.05, 4.69) is 15.3 Å². The minimum Gasteiger partial charge on any atom is -0.489 e. The maximum absolute atomic E-state index is 14.4. The zero-order chi connectivity index (χ0) is 43.8. The molecule has 0 unspecified atom stereocenters. The normalized spacial score (nSPS) is 16.0. The molecule has 9 rings (SSSR count). The van der Waals surface area contributed by atoms with Gasteiger partial charge in [-0.25, -0.2) is 9.78 Å². The lowest BCUT2D eigenvalue weighted by atomic mass is 9.91. The summed E-state index contributed by atoms with van der Waals surface area (Å²) in [6.07, 6.45) is 4.89. The largest absolute Gasteiger partial charge is 0.489 e. The fourth-order valence-electron chi connectivity index (χ4n) is 8.00. The Kier molecular flexibility index (Phi) is 11.5. The van der Waals surface area contributed by atoms with Crippen LogP contribution in [0.1, 0.15) is 55.7 Å². The molecule has 0 saturated carbocycles. The molecule has 2 amide bonds. The number of pyridine rings is 2. The molecule has 0 spiro atoms. The number of hydrogen-bond donors (Lipinski definition) is 2. The molecule has 0 radical (unpaired) electrons. The summed E-state index contributed by atoms with van der Waals surface area (Å²) in [4.78, 5) is 51.7. The molecule has 318 valence electrons.